The van der Waals surface area contributed by atoms with Crippen LogP contribution in [0.1, 0.15) is 45.4 Å². The van der Waals surface area contributed by atoms with Gasteiger partial charge in [-0.1, -0.05) is 39.0 Å². The molecule has 1 rings (SSSR count). The highest BCUT2D eigenvalue weighted by molar-refractivity contribution is 7.85. The fourth-order valence-corrected chi connectivity index (χ4v) is 2.61. The summed E-state index contributed by atoms with van der Waals surface area (Å²) in [6.07, 6.45) is 5.12. The first-order valence-corrected chi connectivity index (χ1v) is 8.57. The molecule has 4 nitrogen and oxygen atoms in total. The number of rotatable bonds is 9. The van der Waals surface area contributed by atoms with Gasteiger partial charge in [-0.25, -0.2) is 17.2 Å². The lowest BCUT2D eigenvalue weighted by Gasteiger charge is -2.14. The topological polar surface area (TPSA) is 66.4 Å². The van der Waals surface area contributed by atoms with Crippen LogP contribution in [0.25, 0.3) is 0 Å². The quantitative estimate of drug-likeness (QED) is 0.291. The fourth-order valence-electron chi connectivity index (χ4n) is 1.99. The zero-order valence-electron chi connectivity index (χ0n) is 12.5. The molecule has 0 saturated carbocycles. The van der Waals surface area contributed by atoms with Crippen LogP contribution in [0.2, 0.25) is 0 Å². The van der Waals surface area contributed by atoms with Crippen LogP contribution < -0.4 is 4.74 Å². The molecule has 0 N–H and O–H groups in total. The zero-order chi connectivity index (χ0) is 17.6. The van der Waals surface area contributed by atoms with Gasteiger partial charge in [0.1, 0.15) is 15.0 Å². The standard InChI is InChI=1S/C14H18F4O4S/c1-2-3-4-5-6-7-8-22-13-9(15)11(17)14(23(19,20)21)12(18)10(13)16/h2-8H2,1H3,(H,19,20,21)/p-1. The molecule has 0 heterocycles. The minimum atomic E-state index is -5.70. The van der Waals surface area contributed by atoms with Crippen LogP contribution in [0.3, 0.4) is 0 Å². The highest BCUT2D eigenvalue weighted by Gasteiger charge is 2.29. The molecule has 0 saturated heterocycles. The van der Waals surface area contributed by atoms with Crippen molar-refractivity contribution in [3.8, 4) is 5.75 Å². The van der Waals surface area contributed by atoms with Gasteiger partial charge in [-0.05, 0) is 6.42 Å². The van der Waals surface area contributed by atoms with Gasteiger partial charge >= 0.3 is 0 Å². The van der Waals surface area contributed by atoms with Crippen molar-refractivity contribution in [2.75, 3.05) is 6.61 Å². The van der Waals surface area contributed by atoms with E-state index in [0.717, 1.165) is 25.7 Å². The molecule has 0 amide bonds. The summed E-state index contributed by atoms with van der Waals surface area (Å²) in [5.74, 6) is -10.00. The molecule has 1 aromatic carbocycles. The molecule has 0 aliphatic carbocycles. The summed E-state index contributed by atoms with van der Waals surface area (Å²) in [5, 5.41) is 0. The van der Waals surface area contributed by atoms with Crippen molar-refractivity contribution in [3.05, 3.63) is 23.3 Å². The molecule has 132 valence electrons. The van der Waals surface area contributed by atoms with Crippen molar-refractivity contribution in [1.82, 2.24) is 0 Å². The summed E-state index contributed by atoms with van der Waals surface area (Å²) < 4.78 is 90.8. The molecule has 0 bridgehead atoms. The van der Waals surface area contributed by atoms with Gasteiger partial charge < -0.3 is 9.29 Å². The second-order valence-electron chi connectivity index (χ2n) is 4.98. The Balaban J connectivity index is 2.82. The predicted molar refractivity (Wildman–Crippen MR) is 73.1 cm³/mol. The second kappa shape index (κ2) is 8.49. The highest BCUT2D eigenvalue weighted by Crippen LogP contribution is 2.32. The average molecular weight is 357 g/mol. The van der Waals surface area contributed by atoms with Gasteiger partial charge in [0.25, 0.3) is 0 Å². The van der Waals surface area contributed by atoms with Crippen molar-refractivity contribution in [3.63, 3.8) is 0 Å². The molecule has 9 heteroatoms. The maximum atomic E-state index is 13.6. The monoisotopic (exact) mass is 357 g/mol. The Labute approximate surface area is 132 Å². The SMILES string of the molecule is CCCCCCCCOc1c(F)c(F)c(S(=O)(=O)[O-])c(F)c1F. The first kappa shape index (κ1) is 19.7. The minimum Gasteiger partial charge on any atom is -0.744 e. The number of halogens is 4. The first-order valence-electron chi connectivity index (χ1n) is 7.16. The Bertz CT molecular complexity index is 618. The molecule has 0 spiro atoms. The fraction of sp³-hybridized carbons (Fsp3) is 0.571. The van der Waals surface area contributed by atoms with Crippen LogP contribution in [-0.2, 0) is 10.1 Å². The lowest BCUT2D eigenvalue weighted by Crippen LogP contribution is -2.13. The van der Waals surface area contributed by atoms with Gasteiger partial charge in [0.2, 0.25) is 11.6 Å². The maximum absolute atomic E-state index is 13.6. The molecule has 0 radical (unpaired) electrons. The van der Waals surface area contributed by atoms with E-state index in [1.807, 2.05) is 6.92 Å². The number of ether oxygens (including phenoxy) is 1. The lowest BCUT2D eigenvalue weighted by molar-refractivity contribution is 0.258. The Morgan fingerprint density at radius 3 is 1.83 bits per heavy atom. The van der Waals surface area contributed by atoms with E-state index in [1.165, 1.54) is 0 Å². The lowest BCUT2D eigenvalue weighted by atomic mass is 10.1. The smallest absolute Gasteiger partial charge is 0.205 e. The summed E-state index contributed by atoms with van der Waals surface area (Å²) in [5.41, 5.74) is 0. The number of unbranched alkanes of at least 4 members (excludes halogenated alkanes) is 5. The predicted octanol–water partition coefficient (Wildman–Crippen LogP) is 3.89. The number of benzene rings is 1. The van der Waals surface area contributed by atoms with Crippen molar-refractivity contribution >= 4 is 10.1 Å². The minimum absolute atomic E-state index is 0.192. The Morgan fingerprint density at radius 1 is 0.870 bits per heavy atom. The molecule has 23 heavy (non-hydrogen) atoms. The molecular formula is C14H17F4O4S-. The van der Waals surface area contributed by atoms with E-state index >= 15 is 0 Å². The molecule has 0 atom stereocenters. The van der Waals surface area contributed by atoms with E-state index in [0.29, 0.717) is 12.8 Å². The normalized spacial score (nSPS) is 11.7. The molecule has 0 aromatic heterocycles. The van der Waals surface area contributed by atoms with Crippen molar-refractivity contribution in [2.24, 2.45) is 0 Å². The van der Waals surface area contributed by atoms with E-state index < -0.39 is 44.0 Å². The van der Waals surface area contributed by atoms with Crippen LogP contribution in [0.5, 0.6) is 5.75 Å². The van der Waals surface area contributed by atoms with Crippen molar-refractivity contribution in [2.45, 2.75) is 50.3 Å². The van der Waals surface area contributed by atoms with Gasteiger partial charge in [0, 0.05) is 0 Å². The molecular weight excluding hydrogens is 340 g/mol. The van der Waals surface area contributed by atoms with E-state index in [1.54, 1.807) is 0 Å². The molecule has 0 aliphatic rings. The Morgan fingerprint density at radius 2 is 1.35 bits per heavy atom. The van der Waals surface area contributed by atoms with Gasteiger partial charge in [-0.2, -0.15) is 8.78 Å². The summed E-state index contributed by atoms with van der Waals surface area (Å²) in [6.45, 7) is 1.85. The molecule has 1 aromatic rings. The van der Waals surface area contributed by atoms with Crippen LogP contribution in [0, 0.1) is 23.3 Å². The Kier molecular flexibility index (Phi) is 7.27. The van der Waals surface area contributed by atoms with Gasteiger partial charge in [-0.15, -0.1) is 0 Å². The first-order chi connectivity index (χ1) is 10.7. The van der Waals surface area contributed by atoms with Crippen molar-refractivity contribution in [1.29, 1.82) is 0 Å². The van der Waals surface area contributed by atoms with Crippen LogP contribution in [0.4, 0.5) is 17.6 Å². The summed E-state index contributed by atoms with van der Waals surface area (Å²) in [6, 6.07) is 0. The van der Waals surface area contributed by atoms with Crippen molar-refractivity contribution < 1.29 is 35.3 Å². The molecule has 0 unspecified atom stereocenters. The van der Waals surface area contributed by atoms with Gasteiger partial charge in [0.05, 0.1) is 6.61 Å². The largest absolute Gasteiger partial charge is 0.744 e. The third-order valence-corrected chi connectivity index (χ3v) is 4.04. The van der Waals surface area contributed by atoms with Crippen LogP contribution in [-0.4, -0.2) is 19.6 Å². The summed E-state index contributed by atoms with van der Waals surface area (Å²) in [4.78, 5) is -2.18. The van der Waals surface area contributed by atoms with E-state index in [9.17, 15) is 30.5 Å². The number of hydrogen-bond acceptors (Lipinski definition) is 4. The van der Waals surface area contributed by atoms with E-state index in [4.69, 9.17) is 0 Å². The van der Waals surface area contributed by atoms with Crippen LogP contribution >= 0.6 is 0 Å². The second-order valence-corrected chi connectivity index (χ2v) is 6.30. The zero-order valence-corrected chi connectivity index (χ0v) is 13.3. The number of hydrogen-bond donors (Lipinski definition) is 0. The Hall–Kier alpha value is -1.35. The van der Waals surface area contributed by atoms with Gasteiger partial charge in [0.15, 0.2) is 17.4 Å². The maximum Gasteiger partial charge on any atom is 0.205 e. The van der Waals surface area contributed by atoms with Gasteiger partial charge in [-0.3, -0.25) is 0 Å². The van der Waals surface area contributed by atoms with E-state index in [-0.39, 0.29) is 6.61 Å². The molecule has 0 fully saturated rings. The summed E-state index contributed by atoms with van der Waals surface area (Å²) in [7, 11) is -5.70. The van der Waals surface area contributed by atoms with E-state index in [2.05, 4.69) is 4.74 Å². The van der Waals surface area contributed by atoms with Crippen LogP contribution in [0.15, 0.2) is 4.90 Å². The average Bonchev–Trinajstić information content (AvgIpc) is 2.46. The summed E-state index contributed by atoms with van der Waals surface area (Å²) >= 11 is 0. The molecule has 0 aliphatic heterocycles. The third-order valence-electron chi connectivity index (χ3n) is 3.18. The third kappa shape index (κ3) is 5.07. The highest BCUT2D eigenvalue weighted by atomic mass is 32.2.